The first kappa shape index (κ1) is 12.0. The van der Waals surface area contributed by atoms with Crippen LogP contribution in [0.1, 0.15) is 19.4 Å². The molecule has 0 aliphatic heterocycles. The summed E-state index contributed by atoms with van der Waals surface area (Å²) in [6.07, 6.45) is 0. The molecule has 2 N–H and O–H groups in total. The van der Waals surface area contributed by atoms with Gasteiger partial charge in [0, 0.05) is 18.8 Å². The van der Waals surface area contributed by atoms with Gasteiger partial charge in [-0.2, -0.15) is 0 Å². The maximum atomic E-state index is 13.0. The first-order valence-corrected chi connectivity index (χ1v) is 5.21. The molecule has 0 amide bonds. The minimum atomic E-state index is -0.261. The highest BCUT2D eigenvalue weighted by Crippen LogP contribution is 2.12. The highest BCUT2D eigenvalue weighted by atomic mass is 19.1. The molecule has 0 radical (unpaired) electrons. The first-order valence-electron chi connectivity index (χ1n) is 5.21. The second kappa shape index (κ2) is 5.12. The van der Waals surface area contributed by atoms with Crippen molar-refractivity contribution >= 4 is 5.69 Å². The minimum absolute atomic E-state index is 0.261. The molecule has 0 atom stereocenters. The highest BCUT2D eigenvalue weighted by Gasteiger charge is 2.04. The molecule has 0 aliphatic carbocycles. The minimum Gasteiger partial charge on any atom is -0.399 e. The number of anilines is 1. The normalized spacial score (nSPS) is 11.3. The first-order chi connectivity index (χ1) is 6.97. The van der Waals surface area contributed by atoms with Gasteiger partial charge in [0.15, 0.2) is 0 Å². The zero-order valence-corrected chi connectivity index (χ0v) is 9.63. The van der Waals surface area contributed by atoms with Crippen molar-refractivity contribution < 1.29 is 4.39 Å². The van der Waals surface area contributed by atoms with Gasteiger partial charge in [-0.3, -0.25) is 0 Å². The van der Waals surface area contributed by atoms with Crippen LogP contribution in [-0.4, -0.2) is 18.5 Å². The Balaban J connectivity index is 2.63. The third-order valence-electron chi connectivity index (χ3n) is 2.11. The van der Waals surface area contributed by atoms with E-state index in [0.29, 0.717) is 11.6 Å². The number of nitrogens with two attached hydrogens (primary N) is 1. The van der Waals surface area contributed by atoms with E-state index in [2.05, 4.69) is 18.7 Å². The summed E-state index contributed by atoms with van der Waals surface area (Å²) in [4.78, 5) is 2.17. The van der Waals surface area contributed by atoms with Crippen LogP contribution in [0.5, 0.6) is 0 Å². The number of rotatable bonds is 4. The predicted molar refractivity (Wildman–Crippen MR) is 62.0 cm³/mol. The van der Waals surface area contributed by atoms with Gasteiger partial charge in [-0.05, 0) is 36.7 Å². The SMILES string of the molecule is CC(C)CN(C)Cc1cc(N)cc(F)c1. The standard InChI is InChI=1S/C12H19FN2/c1-9(2)7-15(3)8-10-4-11(13)6-12(14)5-10/h4-6,9H,7-8,14H2,1-3H3. The van der Waals surface area contributed by atoms with Gasteiger partial charge in [0.2, 0.25) is 0 Å². The van der Waals surface area contributed by atoms with Crippen molar-refractivity contribution in [3.8, 4) is 0 Å². The molecule has 0 saturated carbocycles. The van der Waals surface area contributed by atoms with Crippen LogP contribution in [0.2, 0.25) is 0 Å². The van der Waals surface area contributed by atoms with Gasteiger partial charge in [0.1, 0.15) is 5.82 Å². The third-order valence-corrected chi connectivity index (χ3v) is 2.11. The lowest BCUT2D eigenvalue weighted by Gasteiger charge is -2.19. The Morgan fingerprint density at radius 2 is 2.00 bits per heavy atom. The van der Waals surface area contributed by atoms with E-state index in [9.17, 15) is 4.39 Å². The molecule has 0 unspecified atom stereocenters. The van der Waals surface area contributed by atoms with Gasteiger partial charge < -0.3 is 10.6 Å². The van der Waals surface area contributed by atoms with Crippen molar-refractivity contribution in [3.63, 3.8) is 0 Å². The second-order valence-electron chi connectivity index (χ2n) is 4.48. The van der Waals surface area contributed by atoms with Crippen LogP contribution >= 0.6 is 0 Å². The number of nitrogen functional groups attached to an aromatic ring is 1. The molecule has 3 heteroatoms. The summed E-state index contributed by atoms with van der Waals surface area (Å²) in [6.45, 7) is 6.06. The van der Waals surface area contributed by atoms with Gasteiger partial charge in [-0.25, -0.2) is 4.39 Å². The summed E-state index contributed by atoms with van der Waals surface area (Å²) in [6, 6.07) is 4.69. The molecule has 0 fully saturated rings. The third kappa shape index (κ3) is 4.30. The van der Waals surface area contributed by atoms with Crippen molar-refractivity contribution in [1.29, 1.82) is 0 Å². The molecule has 0 aliphatic rings. The lowest BCUT2D eigenvalue weighted by molar-refractivity contribution is 0.288. The van der Waals surface area contributed by atoms with E-state index in [-0.39, 0.29) is 5.82 Å². The fourth-order valence-corrected chi connectivity index (χ4v) is 1.77. The number of benzene rings is 1. The zero-order valence-electron chi connectivity index (χ0n) is 9.63. The summed E-state index contributed by atoms with van der Waals surface area (Å²) in [5.41, 5.74) is 6.99. The maximum Gasteiger partial charge on any atom is 0.125 e. The molecule has 0 aromatic heterocycles. The molecule has 0 spiro atoms. The lowest BCUT2D eigenvalue weighted by atomic mass is 10.1. The van der Waals surface area contributed by atoms with Crippen LogP contribution in [0.25, 0.3) is 0 Å². The molecule has 2 nitrogen and oxygen atoms in total. The van der Waals surface area contributed by atoms with Crippen molar-refractivity contribution in [2.24, 2.45) is 5.92 Å². The van der Waals surface area contributed by atoms with E-state index in [1.54, 1.807) is 0 Å². The van der Waals surface area contributed by atoms with Crippen LogP contribution in [0, 0.1) is 11.7 Å². The number of nitrogens with zero attached hydrogens (tertiary/aromatic N) is 1. The molecule has 0 bridgehead atoms. The topological polar surface area (TPSA) is 29.3 Å². The predicted octanol–water partition coefficient (Wildman–Crippen LogP) is 2.50. The molecule has 84 valence electrons. The van der Waals surface area contributed by atoms with E-state index in [0.717, 1.165) is 18.7 Å². The van der Waals surface area contributed by atoms with Crippen molar-refractivity contribution in [2.75, 3.05) is 19.3 Å². The van der Waals surface area contributed by atoms with E-state index < -0.39 is 0 Å². The summed E-state index contributed by atoms with van der Waals surface area (Å²) in [5.74, 6) is 0.351. The summed E-state index contributed by atoms with van der Waals surface area (Å²) < 4.78 is 13.0. The van der Waals surface area contributed by atoms with Crippen LogP contribution in [0.15, 0.2) is 18.2 Å². The van der Waals surface area contributed by atoms with Gasteiger partial charge in [-0.1, -0.05) is 13.8 Å². The van der Waals surface area contributed by atoms with Crippen molar-refractivity contribution in [3.05, 3.63) is 29.6 Å². The van der Waals surface area contributed by atoms with Gasteiger partial charge in [-0.15, -0.1) is 0 Å². The number of hydrogen-bond donors (Lipinski definition) is 1. The van der Waals surface area contributed by atoms with Crippen LogP contribution in [0.3, 0.4) is 0 Å². The molecule has 1 aromatic rings. The Morgan fingerprint density at radius 1 is 1.33 bits per heavy atom. The Hall–Kier alpha value is -1.09. The monoisotopic (exact) mass is 210 g/mol. The van der Waals surface area contributed by atoms with Gasteiger partial charge in [0.05, 0.1) is 0 Å². The average molecular weight is 210 g/mol. The van der Waals surface area contributed by atoms with Crippen LogP contribution in [-0.2, 0) is 6.54 Å². The highest BCUT2D eigenvalue weighted by molar-refractivity contribution is 5.41. The van der Waals surface area contributed by atoms with E-state index in [4.69, 9.17) is 5.73 Å². The molecule has 1 rings (SSSR count). The molecule has 0 saturated heterocycles. The Morgan fingerprint density at radius 3 is 2.53 bits per heavy atom. The molecule has 1 aromatic carbocycles. The smallest absolute Gasteiger partial charge is 0.125 e. The molecule has 0 heterocycles. The van der Waals surface area contributed by atoms with Crippen LogP contribution in [0.4, 0.5) is 10.1 Å². The number of hydrogen-bond acceptors (Lipinski definition) is 2. The largest absolute Gasteiger partial charge is 0.399 e. The summed E-state index contributed by atoms with van der Waals surface area (Å²) in [5, 5.41) is 0. The Bertz CT molecular complexity index is 303. The number of halogens is 1. The van der Waals surface area contributed by atoms with E-state index in [1.165, 1.54) is 12.1 Å². The maximum absolute atomic E-state index is 13.0. The van der Waals surface area contributed by atoms with Crippen molar-refractivity contribution in [1.82, 2.24) is 4.90 Å². The molecular weight excluding hydrogens is 191 g/mol. The zero-order chi connectivity index (χ0) is 11.4. The quantitative estimate of drug-likeness (QED) is 0.774. The second-order valence-corrected chi connectivity index (χ2v) is 4.48. The van der Waals surface area contributed by atoms with E-state index in [1.807, 2.05) is 13.1 Å². The lowest BCUT2D eigenvalue weighted by Crippen LogP contribution is -2.22. The summed E-state index contributed by atoms with van der Waals surface area (Å²) >= 11 is 0. The van der Waals surface area contributed by atoms with Gasteiger partial charge in [0.25, 0.3) is 0 Å². The Labute approximate surface area is 90.9 Å². The van der Waals surface area contributed by atoms with E-state index >= 15 is 0 Å². The molecular formula is C12H19FN2. The molecule has 15 heavy (non-hydrogen) atoms. The van der Waals surface area contributed by atoms with Crippen LogP contribution < -0.4 is 5.73 Å². The fourth-order valence-electron chi connectivity index (χ4n) is 1.77. The average Bonchev–Trinajstić information content (AvgIpc) is 1.98. The Kier molecular flexibility index (Phi) is 4.09. The van der Waals surface area contributed by atoms with Gasteiger partial charge >= 0.3 is 0 Å². The fraction of sp³-hybridized carbons (Fsp3) is 0.500. The summed E-state index contributed by atoms with van der Waals surface area (Å²) in [7, 11) is 2.03. The van der Waals surface area contributed by atoms with Crippen molar-refractivity contribution in [2.45, 2.75) is 20.4 Å².